The molecular weight excluding hydrogens is 521 g/mol. The Morgan fingerprint density at radius 2 is 1.38 bits per heavy atom. The molecule has 0 unspecified atom stereocenters. The molecule has 0 atom stereocenters. The van der Waals surface area contributed by atoms with Gasteiger partial charge in [-0.25, -0.2) is 0 Å². The van der Waals surface area contributed by atoms with Crippen molar-refractivity contribution in [2.75, 3.05) is 6.54 Å². The van der Waals surface area contributed by atoms with Crippen LogP contribution < -0.4 is 10.1 Å². The van der Waals surface area contributed by atoms with Gasteiger partial charge in [-0.15, -0.1) is 13.2 Å². The summed E-state index contributed by atoms with van der Waals surface area (Å²) in [5.41, 5.74) is 2.42. The number of amides is 1. The van der Waals surface area contributed by atoms with E-state index in [0.717, 1.165) is 35.8 Å². The van der Waals surface area contributed by atoms with Crippen LogP contribution in [0.4, 0.5) is 13.2 Å². The molecule has 0 aliphatic heterocycles. The van der Waals surface area contributed by atoms with E-state index in [2.05, 4.69) is 15.0 Å². The molecule has 40 heavy (non-hydrogen) atoms. The Kier molecular flexibility index (Phi) is 10.5. The topological polar surface area (TPSA) is 78.9 Å². The maximum atomic E-state index is 12.6. The van der Waals surface area contributed by atoms with Crippen molar-refractivity contribution in [2.45, 2.75) is 89.7 Å². The second kappa shape index (κ2) is 14.0. The molecule has 0 spiro atoms. The van der Waals surface area contributed by atoms with Crippen LogP contribution in [0, 0.1) is 11.8 Å². The van der Waals surface area contributed by atoms with Crippen LogP contribution in [0.25, 0.3) is 0 Å². The number of carbonyl (C=O) groups excluding carboxylic acids is 1. The molecule has 218 valence electrons. The summed E-state index contributed by atoms with van der Waals surface area (Å²) in [7, 11) is 0. The quantitative estimate of drug-likeness (QED) is 0.312. The minimum absolute atomic E-state index is 0.0695. The Morgan fingerprint density at radius 3 is 1.93 bits per heavy atom. The number of carboxylic acids is 1. The first-order valence-electron chi connectivity index (χ1n) is 14.3. The number of alkyl halides is 3. The summed E-state index contributed by atoms with van der Waals surface area (Å²) in [5, 5.41) is 11.4. The molecule has 2 fully saturated rings. The number of carbonyl (C=O) groups is 2. The number of hydrogen-bond acceptors (Lipinski definition) is 4. The maximum absolute atomic E-state index is 12.6. The second-order valence-corrected chi connectivity index (χ2v) is 11.2. The smallest absolute Gasteiger partial charge is 0.481 e. The summed E-state index contributed by atoms with van der Waals surface area (Å²) in [4.78, 5) is 25.4. The van der Waals surface area contributed by atoms with Crippen molar-refractivity contribution in [3.8, 4) is 5.75 Å². The van der Waals surface area contributed by atoms with E-state index in [1.165, 1.54) is 57.1 Å². The Labute approximate surface area is 233 Å². The van der Waals surface area contributed by atoms with E-state index in [1.54, 1.807) is 24.3 Å². The fourth-order valence-corrected chi connectivity index (χ4v) is 6.27. The highest BCUT2D eigenvalue weighted by atomic mass is 19.4. The fourth-order valence-electron chi connectivity index (χ4n) is 6.27. The Bertz CT molecular complexity index is 1090. The Balaban J connectivity index is 1.42. The van der Waals surface area contributed by atoms with Gasteiger partial charge >= 0.3 is 12.3 Å². The van der Waals surface area contributed by atoms with Crippen LogP contribution in [0.15, 0.2) is 48.5 Å². The molecule has 0 saturated heterocycles. The molecule has 2 aliphatic carbocycles. The van der Waals surface area contributed by atoms with Gasteiger partial charge in [0.05, 0.1) is 6.42 Å². The van der Waals surface area contributed by atoms with Gasteiger partial charge in [-0.05, 0) is 72.9 Å². The van der Waals surface area contributed by atoms with Crippen molar-refractivity contribution in [1.29, 1.82) is 0 Å². The molecule has 2 aromatic carbocycles. The van der Waals surface area contributed by atoms with Gasteiger partial charge in [-0.3, -0.25) is 14.5 Å². The lowest BCUT2D eigenvalue weighted by molar-refractivity contribution is -0.274. The lowest BCUT2D eigenvalue weighted by Crippen LogP contribution is -2.38. The van der Waals surface area contributed by atoms with E-state index < -0.39 is 12.3 Å². The van der Waals surface area contributed by atoms with E-state index in [0.29, 0.717) is 24.7 Å². The number of hydrogen-bond donors (Lipinski definition) is 2. The van der Waals surface area contributed by atoms with Gasteiger partial charge in [0.1, 0.15) is 5.75 Å². The van der Waals surface area contributed by atoms with Crippen LogP contribution in [-0.4, -0.2) is 40.8 Å². The van der Waals surface area contributed by atoms with Crippen LogP contribution in [0.1, 0.15) is 85.7 Å². The zero-order chi connectivity index (χ0) is 28.5. The third-order valence-electron chi connectivity index (χ3n) is 8.34. The summed E-state index contributed by atoms with van der Waals surface area (Å²) in [6.07, 6.45) is 6.50. The standard InChI is InChI=1S/C31H39F3N2O4/c32-31(33,34)40-28-16-8-23(9-17-28)21-36(27-14-12-25(13-15-27)24-4-2-1-3-5-24)20-22-6-10-26(11-7-22)30(39)35-19-18-29(37)38/h6-11,16-17,24-25,27H,1-5,12-15,18-21H2,(H,35,39)(H,37,38)/t25-,27-. The van der Waals surface area contributed by atoms with Gasteiger partial charge in [-0.2, -0.15) is 0 Å². The zero-order valence-electron chi connectivity index (χ0n) is 22.8. The van der Waals surface area contributed by atoms with E-state index in [4.69, 9.17) is 5.11 Å². The van der Waals surface area contributed by atoms with Crippen molar-refractivity contribution in [3.63, 3.8) is 0 Å². The number of aliphatic carboxylic acids is 1. The molecule has 2 N–H and O–H groups in total. The molecule has 6 nitrogen and oxygen atoms in total. The van der Waals surface area contributed by atoms with Crippen molar-refractivity contribution in [2.24, 2.45) is 11.8 Å². The second-order valence-electron chi connectivity index (χ2n) is 11.2. The molecule has 2 saturated carbocycles. The summed E-state index contributed by atoms with van der Waals surface area (Å²) in [6, 6.07) is 13.8. The van der Waals surface area contributed by atoms with Gasteiger partial charge in [0.25, 0.3) is 5.91 Å². The molecule has 0 bridgehead atoms. The number of benzene rings is 2. The average molecular weight is 561 g/mol. The molecule has 0 heterocycles. The van der Waals surface area contributed by atoms with Gasteiger partial charge in [0.2, 0.25) is 0 Å². The van der Waals surface area contributed by atoms with Gasteiger partial charge < -0.3 is 15.2 Å². The predicted octanol–water partition coefficient (Wildman–Crippen LogP) is 6.93. The van der Waals surface area contributed by atoms with Crippen LogP contribution >= 0.6 is 0 Å². The number of nitrogens with one attached hydrogen (secondary N) is 1. The van der Waals surface area contributed by atoms with Gasteiger partial charge in [0, 0.05) is 31.2 Å². The van der Waals surface area contributed by atoms with Crippen molar-refractivity contribution < 1.29 is 32.6 Å². The van der Waals surface area contributed by atoms with Crippen molar-refractivity contribution >= 4 is 11.9 Å². The van der Waals surface area contributed by atoms with Gasteiger partial charge in [-0.1, -0.05) is 56.4 Å². The number of rotatable bonds is 11. The van der Waals surface area contributed by atoms with Crippen molar-refractivity contribution in [1.82, 2.24) is 10.2 Å². The first-order valence-corrected chi connectivity index (χ1v) is 14.3. The van der Waals surface area contributed by atoms with Crippen LogP contribution in [0.5, 0.6) is 5.75 Å². The minimum Gasteiger partial charge on any atom is -0.481 e. The highest BCUT2D eigenvalue weighted by Crippen LogP contribution is 2.40. The van der Waals surface area contributed by atoms with E-state index in [-0.39, 0.29) is 24.6 Å². The molecule has 2 aliphatic rings. The SMILES string of the molecule is O=C(O)CCNC(=O)c1ccc(CN(Cc2ccc(OC(F)(F)F)cc2)[C@H]2CC[C@H](C3CCCCC3)CC2)cc1. The number of ether oxygens (including phenoxy) is 1. The van der Waals surface area contributed by atoms with Crippen LogP contribution in [0.2, 0.25) is 0 Å². The monoisotopic (exact) mass is 560 g/mol. The van der Waals surface area contributed by atoms with E-state index >= 15 is 0 Å². The third-order valence-corrected chi connectivity index (χ3v) is 8.34. The summed E-state index contributed by atoms with van der Waals surface area (Å²) < 4.78 is 41.8. The number of halogens is 3. The summed E-state index contributed by atoms with van der Waals surface area (Å²) in [6.45, 7) is 1.32. The van der Waals surface area contributed by atoms with Crippen LogP contribution in [-0.2, 0) is 17.9 Å². The van der Waals surface area contributed by atoms with Gasteiger partial charge in [0.15, 0.2) is 0 Å². The molecular formula is C31H39F3N2O4. The average Bonchev–Trinajstić information content (AvgIpc) is 2.93. The largest absolute Gasteiger partial charge is 0.573 e. The van der Waals surface area contributed by atoms with Crippen LogP contribution in [0.3, 0.4) is 0 Å². The predicted molar refractivity (Wildman–Crippen MR) is 146 cm³/mol. The summed E-state index contributed by atoms with van der Waals surface area (Å²) >= 11 is 0. The molecule has 1 amide bonds. The lowest BCUT2D eigenvalue weighted by atomic mass is 9.72. The highest BCUT2D eigenvalue weighted by Gasteiger charge is 2.32. The summed E-state index contributed by atoms with van der Waals surface area (Å²) in [5.74, 6) is 0.125. The molecule has 0 aromatic heterocycles. The molecule has 0 radical (unpaired) electrons. The zero-order valence-corrected chi connectivity index (χ0v) is 22.8. The Hall–Kier alpha value is -3.07. The molecule has 2 aromatic rings. The molecule has 4 rings (SSSR count). The van der Waals surface area contributed by atoms with E-state index in [1.807, 2.05) is 12.1 Å². The molecule has 9 heteroatoms. The van der Waals surface area contributed by atoms with E-state index in [9.17, 15) is 22.8 Å². The maximum Gasteiger partial charge on any atom is 0.573 e. The number of nitrogens with zero attached hydrogens (tertiary/aromatic N) is 1. The first-order chi connectivity index (χ1) is 19.2. The third kappa shape index (κ3) is 9.25. The number of carboxylic acid groups (broad SMARTS) is 1. The normalized spacial score (nSPS) is 20.3. The first kappa shape index (κ1) is 29.9. The highest BCUT2D eigenvalue weighted by molar-refractivity contribution is 5.94. The minimum atomic E-state index is -4.72. The Morgan fingerprint density at radius 1 is 0.825 bits per heavy atom. The fraction of sp³-hybridized carbons (Fsp3) is 0.548. The lowest BCUT2D eigenvalue weighted by Gasteiger charge is -2.40. The van der Waals surface area contributed by atoms with Crippen molar-refractivity contribution in [3.05, 3.63) is 65.2 Å².